The van der Waals surface area contributed by atoms with Crippen molar-refractivity contribution in [1.82, 2.24) is 5.32 Å². The summed E-state index contributed by atoms with van der Waals surface area (Å²) in [6, 6.07) is -1.62. The van der Waals surface area contributed by atoms with Crippen molar-refractivity contribution >= 4 is 58.4 Å². The van der Waals surface area contributed by atoms with E-state index in [0.717, 1.165) is 22.3 Å². The van der Waals surface area contributed by atoms with Crippen molar-refractivity contribution in [1.29, 1.82) is 0 Å². The monoisotopic (exact) mass is 791 g/mol. The Morgan fingerprint density at radius 1 is 0.707 bits per heavy atom. The number of carboxylic acid groups (broad SMARTS) is 4. The number of allylic oxidation sites excluding steroid dienone is 11. The van der Waals surface area contributed by atoms with E-state index in [9.17, 15) is 44.1 Å². The normalized spacial score (nSPS) is 20.8. The summed E-state index contributed by atoms with van der Waals surface area (Å²) < 4.78 is 0. The van der Waals surface area contributed by atoms with Gasteiger partial charge in [0.2, 0.25) is 5.91 Å². The van der Waals surface area contributed by atoms with Gasteiger partial charge in [0.05, 0.1) is 53.0 Å². The Hall–Kier alpha value is -6.64. The fraction of sp³-hybridized carbons (Fsp3) is 0.349. The molecule has 0 fully saturated rings. The summed E-state index contributed by atoms with van der Waals surface area (Å²) in [5, 5.41) is 39.6. The van der Waals surface area contributed by atoms with E-state index >= 15 is 0 Å². The minimum absolute atomic E-state index is 0.0407. The second-order valence-corrected chi connectivity index (χ2v) is 14.6. The molecule has 5 heterocycles. The molecule has 0 aromatic carbocycles. The number of aliphatic carboxylic acids is 4. The van der Waals surface area contributed by atoms with Crippen LogP contribution < -0.4 is 5.32 Å². The van der Waals surface area contributed by atoms with Crippen LogP contribution in [0.4, 0.5) is 0 Å². The summed E-state index contributed by atoms with van der Waals surface area (Å²) in [7, 11) is 0. The summed E-state index contributed by atoms with van der Waals surface area (Å²) in [4.78, 5) is 92.0. The minimum Gasteiger partial charge on any atom is -0.481 e. The summed E-state index contributed by atoms with van der Waals surface area (Å²) >= 11 is 0. The zero-order chi connectivity index (χ0) is 42.6. The van der Waals surface area contributed by atoms with E-state index in [0.29, 0.717) is 56.8 Å². The summed E-state index contributed by atoms with van der Waals surface area (Å²) in [6.45, 7) is 15.7. The van der Waals surface area contributed by atoms with Crippen LogP contribution in [-0.4, -0.2) is 84.9 Å². The molecule has 0 saturated carbocycles. The lowest BCUT2D eigenvalue weighted by atomic mass is 9.84. The Kier molecular flexibility index (Phi) is 12.9. The SMILES string of the molecule is C=CC1=C(C)C2=NC1=CC1=NC(=CC3=NC(=CC4=NC(=C2)C(C=C)=C4C)C(C)C3CCC(=O)CC(CC(=O)O)C(=O)O)C(CCC(=O)N[C@@H](CC(=O)O)C(=O)O)=C1C. The Morgan fingerprint density at radius 2 is 1.26 bits per heavy atom. The van der Waals surface area contributed by atoms with Crippen LogP contribution in [0.3, 0.4) is 0 Å². The first-order valence-corrected chi connectivity index (χ1v) is 18.7. The van der Waals surface area contributed by atoms with Gasteiger partial charge in [-0.2, -0.15) is 0 Å². The van der Waals surface area contributed by atoms with Crippen molar-refractivity contribution in [2.75, 3.05) is 0 Å². The number of carboxylic acids is 4. The van der Waals surface area contributed by atoms with Crippen LogP contribution in [0.25, 0.3) is 0 Å². The second kappa shape index (κ2) is 17.7. The molecule has 0 aliphatic carbocycles. The highest BCUT2D eigenvalue weighted by molar-refractivity contribution is 6.19. The van der Waals surface area contributed by atoms with E-state index in [1.807, 2.05) is 45.9 Å². The smallest absolute Gasteiger partial charge is 0.326 e. The largest absolute Gasteiger partial charge is 0.481 e. The molecule has 0 spiro atoms. The van der Waals surface area contributed by atoms with Crippen LogP contribution in [0.2, 0.25) is 0 Å². The fourth-order valence-corrected chi connectivity index (χ4v) is 7.49. The van der Waals surface area contributed by atoms with E-state index in [2.05, 4.69) is 18.5 Å². The first kappa shape index (κ1) is 42.5. The highest BCUT2D eigenvalue weighted by Gasteiger charge is 2.35. The number of nitrogens with zero attached hydrogens (tertiary/aromatic N) is 4. The van der Waals surface area contributed by atoms with Crippen LogP contribution in [-0.2, 0) is 28.8 Å². The van der Waals surface area contributed by atoms with Crippen molar-refractivity contribution in [3.05, 3.63) is 106 Å². The standard InChI is InChI=1S/C43H45N5O10/c1-7-26-20(3)30-15-31-22(5)28(10-9-25(49)13-24(42(55)56)14-40(51)52)36(46-31)18-37-29(11-12-39(50)48-38(43(57)58)19-41(53)54)23(6)33(47-37)17-35-27(8-2)21(4)32(45-35)16-34(26)44-30/h7-8,15-18,22,24,28,38H,1-2,9-14,19H2,3-6H3,(H,48,50)(H,51,52)(H,53,54)(H,55,56)(H,57,58)/t22?,24?,28?,38-/m0/s1. The number of rotatable bonds is 17. The molecule has 5 aliphatic rings. The lowest BCUT2D eigenvalue weighted by Crippen LogP contribution is -2.42. The minimum atomic E-state index is -1.62. The topological polar surface area (TPSA) is 245 Å². The number of Topliss-reactive ketones (excluding diaryl/α,β-unsaturated/α-hetero) is 1. The summed E-state index contributed by atoms with van der Waals surface area (Å²) in [6.07, 6.45) is 9.04. The maximum absolute atomic E-state index is 13.1. The molecule has 15 heteroatoms. The van der Waals surface area contributed by atoms with Gasteiger partial charge < -0.3 is 25.7 Å². The maximum Gasteiger partial charge on any atom is 0.326 e. The summed E-state index contributed by atoms with van der Waals surface area (Å²) in [5.41, 5.74) is 9.54. The molecule has 3 unspecified atom stereocenters. The molecule has 0 aromatic rings. The molecule has 302 valence electrons. The van der Waals surface area contributed by atoms with Crippen LogP contribution in [0.5, 0.6) is 0 Å². The highest BCUT2D eigenvalue weighted by Crippen LogP contribution is 2.40. The maximum atomic E-state index is 13.1. The molecule has 58 heavy (non-hydrogen) atoms. The number of carbonyl (C=O) groups excluding carboxylic acids is 2. The lowest BCUT2D eigenvalue weighted by Gasteiger charge is -2.18. The number of aliphatic imine (C=N–C) groups is 4. The Bertz CT molecular complexity index is 2290. The molecule has 0 radical (unpaired) electrons. The molecule has 5 aliphatic heterocycles. The highest BCUT2D eigenvalue weighted by atomic mass is 16.4. The van der Waals surface area contributed by atoms with Crippen molar-refractivity contribution in [2.45, 2.75) is 78.7 Å². The average Bonchev–Trinajstić information content (AvgIpc) is 3.81. The van der Waals surface area contributed by atoms with E-state index in [4.69, 9.17) is 25.1 Å². The molecular formula is C43H45N5O10. The van der Waals surface area contributed by atoms with Gasteiger partial charge in [0.15, 0.2) is 0 Å². The van der Waals surface area contributed by atoms with Crippen LogP contribution in [0.15, 0.2) is 126 Å². The molecule has 0 saturated heterocycles. The molecule has 0 aromatic heterocycles. The van der Waals surface area contributed by atoms with Crippen molar-refractivity contribution in [3.8, 4) is 0 Å². The zero-order valence-electron chi connectivity index (χ0n) is 32.7. The number of carbonyl (C=O) groups is 6. The Balaban J connectivity index is 1.60. The Labute approximate surface area is 334 Å². The zero-order valence-corrected chi connectivity index (χ0v) is 32.7. The third-order valence-electron chi connectivity index (χ3n) is 10.8. The van der Waals surface area contributed by atoms with Crippen molar-refractivity contribution in [2.24, 2.45) is 37.7 Å². The number of fused-ring (bicyclic) bond motifs is 4. The van der Waals surface area contributed by atoms with E-state index in [1.165, 1.54) is 0 Å². The van der Waals surface area contributed by atoms with Gasteiger partial charge in [-0.15, -0.1) is 0 Å². The fourth-order valence-electron chi connectivity index (χ4n) is 7.49. The second-order valence-electron chi connectivity index (χ2n) is 14.6. The van der Waals surface area contributed by atoms with Crippen LogP contribution in [0, 0.1) is 17.8 Å². The Morgan fingerprint density at radius 3 is 1.79 bits per heavy atom. The molecule has 15 nitrogen and oxygen atoms in total. The van der Waals surface area contributed by atoms with Gasteiger partial charge in [0.1, 0.15) is 11.8 Å². The van der Waals surface area contributed by atoms with E-state index < -0.39 is 66.8 Å². The van der Waals surface area contributed by atoms with E-state index in [1.54, 1.807) is 18.2 Å². The van der Waals surface area contributed by atoms with Crippen LogP contribution >= 0.6 is 0 Å². The van der Waals surface area contributed by atoms with Gasteiger partial charge >= 0.3 is 23.9 Å². The van der Waals surface area contributed by atoms with Gasteiger partial charge in [-0.3, -0.25) is 29.0 Å². The lowest BCUT2D eigenvalue weighted by molar-refractivity contribution is -0.149. The first-order valence-electron chi connectivity index (χ1n) is 18.7. The first-order chi connectivity index (χ1) is 27.4. The molecule has 5 rings (SSSR count). The number of amides is 1. The van der Waals surface area contributed by atoms with Crippen molar-refractivity contribution < 1.29 is 49.2 Å². The van der Waals surface area contributed by atoms with Crippen molar-refractivity contribution in [3.63, 3.8) is 0 Å². The quantitative estimate of drug-likeness (QED) is 0.121. The molecular weight excluding hydrogens is 746 g/mol. The molecule has 8 bridgehead atoms. The van der Waals surface area contributed by atoms with Gasteiger partial charge in [0, 0.05) is 53.7 Å². The van der Waals surface area contributed by atoms with Gasteiger partial charge in [0.25, 0.3) is 0 Å². The van der Waals surface area contributed by atoms with Crippen LogP contribution in [0.1, 0.15) is 72.6 Å². The predicted octanol–water partition coefficient (Wildman–Crippen LogP) is 5.67. The number of hydrogen-bond acceptors (Lipinski definition) is 10. The number of hydrogen-bond donors (Lipinski definition) is 5. The molecule has 1 amide bonds. The van der Waals surface area contributed by atoms with Gasteiger partial charge in [-0.1, -0.05) is 32.2 Å². The third-order valence-corrected chi connectivity index (χ3v) is 10.8. The third kappa shape index (κ3) is 9.31. The number of ketones is 1. The average molecular weight is 792 g/mol. The van der Waals surface area contributed by atoms with E-state index in [-0.39, 0.29) is 37.5 Å². The molecule has 5 N–H and O–H groups in total. The van der Waals surface area contributed by atoms with Gasteiger partial charge in [-0.05, 0) is 80.2 Å². The summed E-state index contributed by atoms with van der Waals surface area (Å²) in [5.74, 6) is -8.58. The predicted molar refractivity (Wildman–Crippen MR) is 217 cm³/mol. The number of nitrogens with one attached hydrogen (secondary N) is 1. The van der Waals surface area contributed by atoms with Gasteiger partial charge in [-0.25, -0.2) is 19.8 Å². The molecule has 4 atom stereocenters.